The van der Waals surface area contributed by atoms with Gasteiger partial charge in [0.25, 0.3) is 6.43 Å². The highest BCUT2D eigenvalue weighted by Crippen LogP contribution is 2.21. The molecule has 17 heavy (non-hydrogen) atoms. The summed E-state index contributed by atoms with van der Waals surface area (Å²) in [6.07, 6.45) is -2.71. The summed E-state index contributed by atoms with van der Waals surface area (Å²) in [5.41, 5.74) is 6.24. The van der Waals surface area contributed by atoms with E-state index in [4.69, 9.17) is 5.73 Å². The van der Waals surface area contributed by atoms with Crippen LogP contribution in [0.1, 0.15) is 5.56 Å². The molecule has 0 heterocycles. The first-order chi connectivity index (χ1) is 7.75. The second-order valence-corrected chi connectivity index (χ2v) is 5.71. The van der Waals surface area contributed by atoms with E-state index in [9.17, 15) is 17.2 Å². The molecule has 0 saturated heterocycles. The summed E-state index contributed by atoms with van der Waals surface area (Å²) in [6, 6.07) is 4.37. The van der Waals surface area contributed by atoms with Gasteiger partial charge in [-0.3, -0.25) is 0 Å². The van der Waals surface area contributed by atoms with Crippen LogP contribution < -0.4 is 5.73 Å². The first-order valence-corrected chi connectivity index (χ1v) is 6.29. The molecule has 0 amide bonds. The monoisotopic (exact) mass is 264 g/mol. The van der Waals surface area contributed by atoms with Crippen molar-refractivity contribution < 1.29 is 17.2 Å². The van der Waals surface area contributed by atoms with Gasteiger partial charge in [-0.05, 0) is 24.6 Å². The molecule has 2 N–H and O–H groups in total. The van der Waals surface area contributed by atoms with E-state index in [1.165, 1.54) is 6.07 Å². The first kappa shape index (κ1) is 13.9. The smallest absolute Gasteiger partial charge is 0.252 e. The Labute approximate surface area is 99.1 Å². The maximum atomic E-state index is 12.2. The summed E-state index contributed by atoms with van der Waals surface area (Å²) in [7, 11) is -2.80. The van der Waals surface area contributed by atoms with Gasteiger partial charge in [0, 0.05) is 12.7 Å². The molecule has 96 valence electrons. The molecule has 0 bridgehead atoms. The molecule has 0 aliphatic rings. The Hall–Kier alpha value is -1.21. The highest BCUT2D eigenvalue weighted by Gasteiger charge is 2.25. The fraction of sp³-hybridized carbons (Fsp3) is 0.400. The average molecular weight is 264 g/mol. The van der Waals surface area contributed by atoms with Crippen molar-refractivity contribution in [1.82, 2.24) is 4.31 Å². The minimum atomic E-state index is -3.91. The Balaban J connectivity index is 3.17. The van der Waals surface area contributed by atoms with E-state index < -0.39 is 23.0 Å². The van der Waals surface area contributed by atoms with Crippen molar-refractivity contribution in [2.45, 2.75) is 18.2 Å². The number of alkyl halides is 2. The van der Waals surface area contributed by atoms with Gasteiger partial charge in [-0.1, -0.05) is 6.07 Å². The SMILES string of the molecule is Cc1ccc(N)cc1S(=O)(=O)N(C)CC(F)F. The van der Waals surface area contributed by atoms with Crippen LogP contribution in [0.15, 0.2) is 23.1 Å². The fourth-order valence-corrected chi connectivity index (χ4v) is 2.76. The quantitative estimate of drug-likeness (QED) is 0.837. The Kier molecular flexibility index (Phi) is 4.05. The van der Waals surface area contributed by atoms with Crippen LogP contribution in [0, 0.1) is 6.92 Å². The first-order valence-electron chi connectivity index (χ1n) is 4.85. The molecule has 0 saturated carbocycles. The largest absolute Gasteiger partial charge is 0.399 e. The van der Waals surface area contributed by atoms with Crippen molar-refractivity contribution in [2.75, 3.05) is 19.3 Å². The van der Waals surface area contributed by atoms with Crippen LogP contribution in [0.25, 0.3) is 0 Å². The zero-order valence-electron chi connectivity index (χ0n) is 9.52. The molecule has 7 heteroatoms. The summed E-state index contributed by atoms with van der Waals surface area (Å²) < 4.78 is 48.9. The molecule has 0 spiro atoms. The van der Waals surface area contributed by atoms with Gasteiger partial charge in [-0.15, -0.1) is 0 Å². The Morgan fingerprint density at radius 1 is 1.41 bits per heavy atom. The fourth-order valence-electron chi connectivity index (χ4n) is 1.35. The molecule has 0 fully saturated rings. The number of sulfonamides is 1. The van der Waals surface area contributed by atoms with Crippen molar-refractivity contribution in [2.24, 2.45) is 0 Å². The lowest BCUT2D eigenvalue weighted by Gasteiger charge is -2.18. The number of aryl methyl sites for hydroxylation is 1. The lowest BCUT2D eigenvalue weighted by Crippen LogP contribution is -2.31. The van der Waals surface area contributed by atoms with Crippen molar-refractivity contribution in [3.05, 3.63) is 23.8 Å². The molecule has 0 radical (unpaired) electrons. The number of nitrogens with zero attached hydrogens (tertiary/aromatic N) is 1. The number of nitrogens with two attached hydrogens (primary N) is 1. The van der Waals surface area contributed by atoms with E-state index in [-0.39, 0.29) is 10.6 Å². The predicted octanol–water partition coefficient (Wildman–Crippen LogP) is 1.46. The van der Waals surface area contributed by atoms with Crippen LogP contribution in [0.4, 0.5) is 14.5 Å². The van der Waals surface area contributed by atoms with Gasteiger partial charge < -0.3 is 5.73 Å². The molecular weight excluding hydrogens is 250 g/mol. The molecule has 0 aliphatic heterocycles. The van der Waals surface area contributed by atoms with Gasteiger partial charge in [0.15, 0.2) is 0 Å². The number of nitrogen functional groups attached to an aromatic ring is 1. The standard InChI is InChI=1S/C10H14F2N2O2S/c1-7-3-4-8(13)5-9(7)17(15,16)14(2)6-10(11)12/h3-5,10H,6,13H2,1-2H3. The third-order valence-electron chi connectivity index (χ3n) is 2.30. The average Bonchev–Trinajstić information content (AvgIpc) is 2.20. The number of rotatable bonds is 4. The van der Waals surface area contributed by atoms with E-state index >= 15 is 0 Å². The van der Waals surface area contributed by atoms with Crippen LogP contribution >= 0.6 is 0 Å². The number of hydrogen-bond acceptors (Lipinski definition) is 3. The van der Waals surface area contributed by atoms with Crippen LogP contribution in [-0.4, -0.2) is 32.7 Å². The van der Waals surface area contributed by atoms with Gasteiger partial charge in [-0.2, -0.15) is 4.31 Å². The number of benzene rings is 1. The Morgan fingerprint density at radius 3 is 2.53 bits per heavy atom. The third kappa shape index (κ3) is 3.13. The minimum Gasteiger partial charge on any atom is -0.399 e. The molecule has 1 rings (SSSR count). The molecule has 0 unspecified atom stereocenters. The molecular formula is C10H14F2N2O2S. The molecule has 0 aromatic heterocycles. The van der Waals surface area contributed by atoms with E-state index in [2.05, 4.69) is 0 Å². The summed E-state index contributed by atoms with van der Waals surface area (Å²) >= 11 is 0. The Morgan fingerprint density at radius 2 is 2.00 bits per heavy atom. The molecule has 0 aliphatic carbocycles. The highest BCUT2D eigenvalue weighted by molar-refractivity contribution is 7.89. The van der Waals surface area contributed by atoms with E-state index in [1.54, 1.807) is 19.1 Å². The third-order valence-corrected chi connectivity index (χ3v) is 4.26. The van der Waals surface area contributed by atoms with Crippen LogP contribution in [-0.2, 0) is 10.0 Å². The second-order valence-electron chi connectivity index (χ2n) is 3.70. The topological polar surface area (TPSA) is 63.4 Å². The van der Waals surface area contributed by atoms with Gasteiger partial charge in [0.1, 0.15) is 0 Å². The van der Waals surface area contributed by atoms with Crippen molar-refractivity contribution >= 4 is 15.7 Å². The molecule has 1 aromatic rings. The van der Waals surface area contributed by atoms with Gasteiger partial charge >= 0.3 is 0 Å². The van der Waals surface area contributed by atoms with E-state index in [0.717, 1.165) is 7.05 Å². The van der Waals surface area contributed by atoms with Gasteiger partial charge in [-0.25, -0.2) is 17.2 Å². The van der Waals surface area contributed by atoms with Crippen LogP contribution in [0.5, 0.6) is 0 Å². The van der Waals surface area contributed by atoms with E-state index in [1.807, 2.05) is 0 Å². The zero-order chi connectivity index (χ0) is 13.2. The predicted molar refractivity (Wildman–Crippen MR) is 61.4 cm³/mol. The van der Waals surface area contributed by atoms with Crippen molar-refractivity contribution in [3.8, 4) is 0 Å². The maximum Gasteiger partial charge on any atom is 0.252 e. The van der Waals surface area contributed by atoms with Crippen LogP contribution in [0.2, 0.25) is 0 Å². The number of halogens is 2. The van der Waals surface area contributed by atoms with Crippen molar-refractivity contribution in [1.29, 1.82) is 0 Å². The van der Waals surface area contributed by atoms with E-state index in [0.29, 0.717) is 9.87 Å². The molecule has 1 aromatic carbocycles. The zero-order valence-corrected chi connectivity index (χ0v) is 10.3. The summed E-state index contributed by atoms with van der Waals surface area (Å²) in [5, 5.41) is 0. The second kappa shape index (κ2) is 4.97. The lowest BCUT2D eigenvalue weighted by atomic mass is 10.2. The molecule has 4 nitrogen and oxygen atoms in total. The van der Waals surface area contributed by atoms with Gasteiger partial charge in [0.2, 0.25) is 10.0 Å². The number of anilines is 1. The maximum absolute atomic E-state index is 12.2. The Bertz CT molecular complexity index is 503. The summed E-state index contributed by atoms with van der Waals surface area (Å²) in [4.78, 5) is -0.0411. The molecule has 0 atom stereocenters. The highest BCUT2D eigenvalue weighted by atomic mass is 32.2. The normalized spacial score (nSPS) is 12.4. The summed E-state index contributed by atoms with van der Waals surface area (Å²) in [6.45, 7) is 0.749. The number of hydrogen-bond donors (Lipinski definition) is 1. The van der Waals surface area contributed by atoms with Gasteiger partial charge in [0.05, 0.1) is 11.4 Å². The van der Waals surface area contributed by atoms with Crippen molar-refractivity contribution in [3.63, 3.8) is 0 Å². The summed E-state index contributed by atoms with van der Waals surface area (Å²) in [5.74, 6) is 0. The minimum absolute atomic E-state index is 0.0411. The van der Waals surface area contributed by atoms with Crippen LogP contribution in [0.3, 0.4) is 0 Å². The lowest BCUT2D eigenvalue weighted by molar-refractivity contribution is 0.126.